The lowest BCUT2D eigenvalue weighted by atomic mass is 10.2. The molecule has 11 heteroatoms. The summed E-state index contributed by atoms with van der Waals surface area (Å²) in [5.74, 6) is -0.687. The molecule has 2 N–H and O–H groups in total. The van der Waals surface area contributed by atoms with E-state index in [4.69, 9.17) is 5.26 Å². The monoisotopic (exact) mass is 400 g/mol. The van der Waals surface area contributed by atoms with Crippen LogP contribution in [0.25, 0.3) is 0 Å². The molecule has 0 unspecified atom stereocenters. The van der Waals surface area contributed by atoms with Crippen molar-refractivity contribution in [2.45, 2.75) is 24.8 Å². The summed E-state index contributed by atoms with van der Waals surface area (Å²) < 4.78 is 26.0. The van der Waals surface area contributed by atoms with Gasteiger partial charge in [-0.1, -0.05) is 6.07 Å². The summed E-state index contributed by atoms with van der Waals surface area (Å²) in [5.41, 5.74) is 1.40. The van der Waals surface area contributed by atoms with E-state index in [-0.39, 0.29) is 16.3 Å². The highest BCUT2D eigenvalue weighted by Gasteiger charge is 2.38. The normalized spacial score (nSPS) is 15.8. The van der Waals surface area contributed by atoms with Gasteiger partial charge in [0.05, 0.1) is 17.4 Å². The summed E-state index contributed by atoms with van der Waals surface area (Å²) in [4.78, 5) is 24.5. The molecule has 3 amide bonds. The van der Waals surface area contributed by atoms with Crippen LogP contribution < -0.4 is 10.6 Å². The lowest BCUT2D eigenvalue weighted by Gasteiger charge is -2.28. The minimum absolute atomic E-state index is 0.0640. The van der Waals surface area contributed by atoms with Gasteiger partial charge in [-0.3, -0.25) is 4.79 Å². The van der Waals surface area contributed by atoms with Gasteiger partial charge in [0.15, 0.2) is 5.69 Å². The fourth-order valence-corrected chi connectivity index (χ4v) is 4.15. The molecule has 0 saturated heterocycles. The molecule has 28 heavy (non-hydrogen) atoms. The number of anilines is 1. The number of amides is 3. The maximum absolute atomic E-state index is 12.8. The smallest absolute Gasteiger partial charge is 0.336 e. The van der Waals surface area contributed by atoms with Crippen LogP contribution in [0.1, 0.15) is 29.9 Å². The molecule has 0 bridgehead atoms. The fourth-order valence-electron chi connectivity index (χ4n) is 2.63. The molecule has 0 spiro atoms. The highest BCUT2D eigenvalue weighted by Crippen LogP contribution is 2.30. The summed E-state index contributed by atoms with van der Waals surface area (Å²) in [7, 11) is -4.16. The third kappa shape index (κ3) is 3.63. The van der Waals surface area contributed by atoms with Crippen molar-refractivity contribution in [2.24, 2.45) is 0 Å². The van der Waals surface area contributed by atoms with Crippen LogP contribution in [0.2, 0.25) is 0 Å². The third-order valence-electron chi connectivity index (χ3n) is 4.08. The Labute approximate surface area is 161 Å². The number of sulfonamides is 1. The number of aromatic nitrogens is 2. The molecule has 1 aliphatic heterocycles. The van der Waals surface area contributed by atoms with Gasteiger partial charge in [0, 0.05) is 0 Å². The number of nitriles is 1. The lowest BCUT2D eigenvalue weighted by molar-refractivity contribution is -0.121. The van der Waals surface area contributed by atoms with Gasteiger partial charge in [-0.15, -0.1) is 5.10 Å². The third-order valence-corrected chi connectivity index (χ3v) is 5.85. The molecule has 0 fully saturated rings. The molecule has 0 aliphatic carbocycles. The van der Waals surface area contributed by atoms with Crippen LogP contribution in [0.5, 0.6) is 0 Å². The SMILES string of the molecule is Cc1ccc2c(c1)S(=O)(=O)N(CC(=O)N[C@@H](C)c1ccc(C#N)nn1)C(=O)N2. The van der Waals surface area contributed by atoms with E-state index >= 15 is 0 Å². The second-order valence-corrected chi connectivity index (χ2v) is 8.02. The molecule has 2 aromatic rings. The summed E-state index contributed by atoms with van der Waals surface area (Å²) >= 11 is 0. The standard InChI is InChI=1S/C17H16N6O4S/c1-10-3-5-14-15(7-10)28(26,27)23(17(25)20-14)9-16(24)19-11(2)13-6-4-12(8-18)21-22-13/h3-7,11H,9H2,1-2H3,(H,19,24)(H,20,25)/t11-/m0/s1. The van der Waals surface area contributed by atoms with Gasteiger partial charge in [-0.2, -0.15) is 10.4 Å². The van der Waals surface area contributed by atoms with E-state index in [1.54, 1.807) is 19.9 Å². The zero-order chi connectivity index (χ0) is 20.5. The number of benzene rings is 1. The van der Waals surface area contributed by atoms with Crippen molar-refractivity contribution >= 4 is 27.6 Å². The predicted molar refractivity (Wildman–Crippen MR) is 97.4 cm³/mol. The van der Waals surface area contributed by atoms with Gasteiger partial charge in [0.1, 0.15) is 17.5 Å². The summed E-state index contributed by atoms with van der Waals surface area (Å²) in [6.45, 7) is 2.66. The van der Waals surface area contributed by atoms with E-state index in [0.717, 1.165) is 0 Å². The topological polar surface area (TPSA) is 145 Å². The number of carbonyl (C=O) groups is 2. The van der Waals surface area contributed by atoms with Crippen LogP contribution in [0.4, 0.5) is 10.5 Å². The molecule has 0 saturated carbocycles. The largest absolute Gasteiger partial charge is 0.346 e. The average molecular weight is 400 g/mol. The summed E-state index contributed by atoms with van der Waals surface area (Å²) in [5, 5.41) is 21.3. The van der Waals surface area contributed by atoms with Crippen molar-refractivity contribution in [1.82, 2.24) is 19.8 Å². The zero-order valence-corrected chi connectivity index (χ0v) is 15.8. The molecule has 2 heterocycles. The van der Waals surface area contributed by atoms with Crippen molar-refractivity contribution in [3.05, 3.63) is 47.3 Å². The highest BCUT2D eigenvalue weighted by atomic mass is 32.2. The number of hydrogen-bond donors (Lipinski definition) is 2. The molecule has 1 atom stereocenters. The van der Waals surface area contributed by atoms with Crippen LogP contribution in [0, 0.1) is 18.3 Å². The number of fused-ring (bicyclic) bond motifs is 1. The first-order chi connectivity index (χ1) is 13.2. The van der Waals surface area contributed by atoms with Gasteiger partial charge in [-0.25, -0.2) is 17.5 Å². The molecule has 3 rings (SSSR count). The van der Waals surface area contributed by atoms with Crippen LogP contribution in [0.15, 0.2) is 35.2 Å². The number of rotatable bonds is 4. The summed E-state index contributed by atoms with van der Waals surface area (Å²) in [6, 6.07) is 7.93. The van der Waals surface area contributed by atoms with Crippen LogP contribution in [-0.4, -0.2) is 41.4 Å². The lowest BCUT2D eigenvalue weighted by Crippen LogP contribution is -2.49. The number of carbonyl (C=O) groups excluding carboxylic acids is 2. The van der Waals surface area contributed by atoms with Gasteiger partial charge in [0.2, 0.25) is 5.91 Å². The van der Waals surface area contributed by atoms with E-state index in [1.165, 1.54) is 24.3 Å². The maximum atomic E-state index is 12.8. The van der Waals surface area contributed by atoms with Crippen LogP contribution in [-0.2, 0) is 14.8 Å². The number of aryl methyl sites for hydroxylation is 1. The number of urea groups is 1. The van der Waals surface area contributed by atoms with Crippen molar-refractivity contribution in [2.75, 3.05) is 11.9 Å². The minimum atomic E-state index is -4.16. The highest BCUT2D eigenvalue weighted by molar-refractivity contribution is 7.90. The Morgan fingerprint density at radius 1 is 1.32 bits per heavy atom. The quantitative estimate of drug-likeness (QED) is 0.780. The second-order valence-electron chi connectivity index (χ2n) is 6.19. The van der Waals surface area contributed by atoms with Crippen LogP contribution >= 0.6 is 0 Å². The van der Waals surface area contributed by atoms with Crippen molar-refractivity contribution in [1.29, 1.82) is 5.26 Å². The van der Waals surface area contributed by atoms with Gasteiger partial charge in [0.25, 0.3) is 10.0 Å². The second kappa shape index (κ2) is 7.24. The number of nitrogens with one attached hydrogen (secondary N) is 2. The van der Waals surface area contributed by atoms with Crippen molar-refractivity contribution < 1.29 is 18.0 Å². The molecule has 144 valence electrons. The Hall–Kier alpha value is -3.52. The molecule has 10 nitrogen and oxygen atoms in total. The van der Waals surface area contributed by atoms with Crippen molar-refractivity contribution in [3.63, 3.8) is 0 Å². The Bertz CT molecular complexity index is 1090. The molecule has 1 aromatic heterocycles. The first-order valence-electron chi connectivity index (χ1n) is 8.20. The Morgan fingerprint density at radius 3 is 2.71 bits per heavy atom. The van der Waals surface area contributed by atoms with E-state index in [0.29, 0.717) is 15.6 Å². The van der Waals surface area contributed by atoms with E-state index < -0.39 is 34.5 Å². The number of nitrogens with zero attached hydrogens (tertiary/aromatic N) is 4. The predicted octanol–water partition coefficient (Wildman–Crippen LogP) is 1.07. The Kier molecular flexibility index (Phi) is 4.98. The van der Waals surface area contributed by atoms with Crippen molar-refractivity contribution in [3.8, 4) is 6.07 Å². The Balaban J connectivity index is 1.76. The molecule has 1 aliphatic rings. The Morgan fingerprint density at radius 2 is 2.07 bits per heavy atom. The first-order valence-corrected chi connectivity index (χ1v) is 9.64. The number of hydrogen-bond acceptors (Lipinski definition) is 7. The fraction of sp³-hybridized carbons (Fsp3) is 0.235. The average Bonchev–Trinajstić information content (AvgIpc) is 2.66. The maximum Gasteiger partial charge on any atom is 0.336 e. The van der Waals surface area contributed by atoms with E-state index in [9.17, 15) is 18.0 Å². The van der Waals surface area contributed by atoms with E-state index in [2.05, 4.69) is 20.8 Å². The minimum Gasteiger partial charge on any atom is -0.346 e. The molecular formula is C17H16N6O4S. The van der Waals surface area contributed by atoms with Gasteiger partial charge < -0.3 is 10.6 Å². The zero-order valence-electron chi connectivity index (χ0n) is 15.0. The molecule has 0 radical (unpaired) electrons. The first kappa shape index (κ1) is 19.2. The van der Waals surface area contributed by atoms with Gasteiger partial charge in [-0.05, 0) is 43.7 Å². The summed E-state index contributed by atoms with van der Waals surface area (Å²) in [6.07, 6.45) is 0. The molecular weight excluding hydrogens is 384 g/mol. The molecule has 1 aromatic carbocycles. The van der Waals surface area contributed by atoms with Crippen LogP contribution in [0.3, 0.4) is 0 Å². The van der Waals surface area contributed by atoms with Gasteiger partial charge >= 0.3 is 6.03 Å². The van der Waals surface area contributed by atoms with E-state index in [1.807, 2.05) is 6.07 Å².